The lowest BCUT2D eigenvalue weighted by molar-refractivity contribution is -0.200. The van der Waals surface area contributed by atoms with E-state index in [2.05, 4.69) is 0 Å². The van der Waals surface area contributed by atoms with E-state index in [-0.39, 0.29) is 36.1 Å². The summed E-state index contributed by atoms with van der Waals surface area (Å²) in [6.07, 6.45) is 0.150. The quantitative estimate of drug-likeness (QED) is 0.598. The van der Waals surface area contributed by atoms with E-state index in [1.807, 2.05) is 20.8 Å². The summed E-state index contributed by atoms with van der Waals surface area (Å²) in [5.74, 6) is -0.320. The van der Waals surface area contributed by atoms with Crippen molar-refractivity contribution in [1.29, 1.82) is 0 Å². The second kappa shape index (κ2) is 2.81. The molecule has 3 saturated heterocycles. The largest absolute Gasteiger partial charge is 0.368 e. The van der Waals surface area contributed by atoms with Crippen LogP contribution in [0.4, 0.5) is 0 Å². The third-order valence-corrected chi connectivity index (χ3v) is 3.59. The molecule has 0 aromatic carbocycles. The monoisotopic (exact) mass is 212 g/mol. The molecule has 4 nitrogen and oxygen atoms in total. The minimum Gasteiger partial charge on any atom is -0.368 e. The summed E-state index contributed by atoms with van der Waals surface area (Å²) >= 11 is 0. The molecule has 0 saturated carbocycles. The van der Waals surface area contributed by atoms with Crippen LogP contribution in [0.1, 0.15) is 27.2 Å². The van der Waals surface area contributed by atoms with Crippen molar-refractivity contribution in [2.75, 3.05) is 0 Å². The van der Waals surface area contributed by atoms with Crippen LogP contribution in [0, 0.1) is 5.92 Å². The third-order valence-electron chi connectivity index (χ3n) is 3.59. The van der Waals surface area contributed by atoms with Gasteiger partial charge in [0.05, 0.1) is 12.2 Å². The Labute approximate surface area is 88.9 Å². The molecule has 0 amide bonds. The van der Waals surface area contributed by atoms with Crippen LogP contribution >= 0.6 is 0 Å². The topological polar surface area (TPSA) is 44.8 Å². The minimum atomic E-state index is -0.532. The average molecular weight is 212 g/mol. The predicted molar refractivity (Wildman–Crippen MR) is 51.3 cm³/mol. The lowest BCUT2D eigenvalue weighted by atomic mass is 9.95. The van der Waals surface area contributed by atoms with E-state index in [0.717, 1.165) is 0 Å². The fourth-order valence-electron chi connectivity index (χ4n) is 2.85. The van der Waals surface area contributed by atoms with Gasteiger partial charge in [0, 0.05) is 12.3 Å². The number of Topliss-reactive ketones (excluding diaryl/α,β-unsaturated/α-hetero) is 1. The van der Waals surface area contributed by atoms with Gasteiger partial charge < -0.3 is 14.2 Å². The van der Waals surface area contributed by atoms with E-state index in [9.17, 15) is 4.79 Å². The lowest BCUT2D eigenvalue weighted by Gasteiger charge is -2.30. The maximum Gasteiger partial charge on any atom is 0.164 e. The zero-order chi connectivity index (χ0) is 10.8. The SMILES string of the molecule is C[C@@H]1C(=O)C[C@@H]2O[C@H]1[C@H]1OC(C)(C)O[C@H]12. The molecule has 84 valence electrons. The highest BCUT2D eigenvalue weighted by Gasteiger charge is 2.59. The maximum atomic E-state index is 11.7. The van der Waals surface area contributed by atoms with E-state index >= 15 is 0 Å². The van der Waals surface area contributed by atoms with E-state index < -0.39 is 5.79 Å². The van der Waals surface area contributed by atoms with Gasteiger partial charge in [-0.1, -0.05) is 6.92 Å². The highest BCUT2D eigenvalue weighted by atomic mass is 16.8. The van der Waals surface area contributed by atoms with Crippen molar-refractivity contribution in [3.8, 4) is 0 Å². The predicted octanol–water partition coefficient (Wildman–Crippen LogP) is 0.883. The molecule has 0 aromatic rings. The van der Waals surface area contributed by atoms with Crippen molar-refractivity contribution in [2.24, 2.45) is 5.92 Å². The molecule has 5 atom stereocenters. The molecule has 15 heavy (non-hydrogen) atoms. The molecule has 0 N–H and O–H groups in total. The summed E-state index contributed by atoms with van der Waals surface area (Å²) in [6.45, 7) is 5.74. The van der Waals surface area contributed by atoms with Gasteiger partial charge in [-0.2, -0.15) is 0 Å². The van der Waals surface area contributed by atoms with Crippen LogP contribution in [0.5, 0.6) is 0 Å². The Balaban J connectivity index is 1.90. The van der Waals surface area contributed by atoms with Crippen LogP contribution < -0.4 is 0 Å². The summed E-state index contributed by atoms with van der Waals surface area (Å²) in [6, 6.07) is 0. The van der Waals surface area contributed by atoms with E-state index in [1.54, 1.807) is 0 Å². The van der Waals surface area contributed by atoms with Crippen molar-refractivity contribution in [3.05, 3.63) is 0 Å². The first-order valence-electron chi connectivity index (χ1n) is 5.52. The first-order chi connectivity index (χ1) is 6.98. The molecule has 3 aliphatic rings. The molecule has 4 heteroatoms. The number of carbonyl (C=O) groups is 1. The fourth-order valence-corrected chi connectivity index (χ4v) is 2.85. The molecule has 0 radical (unpaired) electrons. The van der Waals surface area contributed by atoms with Crippen molar-refractivity contribution in [1.82, 2.24) is 0 Å². The summed E-state index contributed by atoms with van der Waals surface area (Å²) in [5.41, 5.74) is 0. The van der Waals surface area contributed by atoms with Crippen molar-refractivity contribution >= 4 is 5.78 Å². The Morgan fingerprint density at radius 3 is 2.60 bits per heavy atom. The van der Waals surface area contributed by atoms with Gasteiger partial charge >= 0.3 is 0 Å². The lowest BCUT2D eigenvalue weighted by Crippen LogP contribution is -2.40. The number of ketones is 1. The molecule has 0 aliphatic carbocycles. The third kappa shape index (κ3) is 1.28. The van der Waals surface area contributed by atoms with Crippen LogP contribution in [0.2, 0.25) is 0 Å². The molecule has 0 unspecified atom stereocenters. The highest BCUT2D eigenvalue weighted by Crippen LogP contribution is 2.45. The molecule has 3 fully saturated rings. The van der Waals surface area contributed by atoms with Gasteiger partial charge in [0.25, 0.3) is 0 Å². The molecule has 3 heterocycles. The summed E-state index contributed by atoms with van der Waals surface area (Å²) < 4.78 is 17.4. The molecule has 0 aromatic heterocycles. The summed E-state index contributed by atoms with van der Waals surface area (Å²) in [5, 5.41) is 0. The number of ether oxygens (including phenoxy) is 3. The van der Waals surface area contributed by atoms with Crippen LogP contribution in [-0.4, -0.2) is 36.0 Å². The van der Waals surface area contributed by atoms with Gasteiger partial charge in [0.15, 0.2) is 5.79 Å². The number of fused-ring (bicyclic) bond motifs is 5. The van der Waals surface area contributed by atoms with Crippen molar-refractivity contribution in [2.45, 2.75) is 57.4 Å². The summed E-state index contributed by atoms with van der Waals surface area (Å²) in [4.78, 5) is 11.7. The first-order valence-corrected chi connectivity index (χ1v) is 5.52. The second-order valence-corrected chi connectivity index (χ2v) is 5.16. The van der Waals surface area contributed by atoms with Gasteiger partial charge in [-0.05, 0) is 13.8 Å². The minimum absolute atomic E-state index is 0.0566. The van der Waals surface area contributed by atoms with Crippen molar-refractivity contribution < 1.29 is 19.0 Å². The number of hydrogen-bond donors (Lipinski definition) is 0. The Morgan fingerprint density at radius 1 is 1.20 bits per heavy atom. The van der Waals surface area contributed by atoms with Gasteiger partial charge in [0.1, 0.15) is 18.0 Å². The van der Waals surface area contributed by atoms with E-state index in [1.165, 1.54) is 0 Å². The van der Waals surface area contributed by atoms with Gasteiger partial charge in [-0.15, -0.1) is 0 Å². The molecular formula is C11H16O4. The molecular weight excluding hydrogens is 196 g/mol. The van der Waals surface area contributed by atoms with Crippen LogP contribution in [0.15, 0.2) is 0 Å². The number of carbonyl (C=O) groups excluding carboxylic acids is 1. The Kier molecular flexibility index (Phi) is 1.83. The second-order valence-electron chi connectivity index (χ2n) is 5.16. The van der Waals surface area contributed by atoms with Crippen LogP contribution in [0.3, 0.4) is 0 Å². The van der Waals surface area contributed by atoms with Gasteiger partial charge in [-0.3, -0.25) is 4.79 Å². The Bertz CT molecular complexity index is 312. The standard InChI is InChI=1S/C11H16O4/c1-5-6(12)4-7-9-10(8(5)13-7)15-11(2,3)14-9/h5,7-10H,4H2,1-3H3/t5-,7+,8-,9+,10-/m1/s1. The maximum absolute atomic E-state index is 11.7. The van der Waals surface area contributed by atoms with E-state index in [0.29, 0.717) is 6.42 Å². The molecule has 3 rings (SSSR count). The zero-order valence-electron chi connectivity index (χ0n) is 9.23. The van der Waals surface area contributed by atoms with Crippen molar-refractivity contribution in [3.63, 3.8) is 0 Å². The Morgan fingerprint density at radius 2 is 1.87 bits per heavy atom. The van der Waals surface area contributed by atoms with Gasteiger partial charge in [0.2, 0.25) is 0 Å². The van der Waals surface area contributed by atoms with Crippen LogP contribution in [0.25, 0.3) is 0 Å². The van der Waals surface area contributed by atoms with Crippen LogP contribution in [-0.2, 0) is 19.0 Å². The smallest absolute Gasteiger partial charge is 0.164 e. The molecule has 3 aliphatic heterocycles. The fraction of sp³-hybridized carbons (Fsp3) is 0.909. The number of hydrogen-bond acceptors (Lipinski definition) is 4. The zero-order valence-corrected chi connectivity index (χ0v) is 9.23. The first kappa shape index (κ1) is 9.75. The molecule has 2 bridgehead atoms. The molecule has 0 spiro atoms. The highest BCUT2D eigenvalue weighted by molar-refractivity contribution is 5.83. The number of rotatable bonds is 0. The Hall–Kier alpha value is -0.450. The van der Waals surface area contributed by atoms with Gasteiger partial charge in [-0.25, -0.2) is 0 Å². The van der Waals surface area contributed by atoms with E-state index in [4.69, 9.17) is 14.2 Å². The summed E-state index contributed by atoms with van der Waals surface area (Å²) in [7, 11) is 0. The average Bonchev–Trinajstić information content (AvgIpc) is 2.57. The normalized spacial score (nSPS) is 51.9.